The molecule has 0 radical (unpaired) electrons. The molecule has 2 rings (SSSR count). The molecule has 0 aliphatic rings. The quantitative estimate of drug-likeness (QED) is 0.669. The predicted molar refractivity (Wildman–Crippen MR) is 69.1 cm³/mol. The van der Waals surface area contributed by atoms with Crippen molar-refractivity contribution in [1.82, 2.24) is 0 Å². The largest absolute Gasteiger partial charge is 0.192 e. The van der Waals surface area contributed by atoms with Gasteiger partial charge in [0.2, 0.25) is 0 Å². The van der Waals surface area contributed by atoms with Crippen LogP contribution in [0.3, 0.4) is 0 Å². The molecule has 0 unspecified atom stereocenters. The lowest BCUT2D eigenvalue weighted by molar-refractivity contribution is 1.48. The Hall–Kier alpha value is -2.51. The minimum atomic E-state index is 0.683. The van der Waals surface area contributed by atoms with E-state index in [1.807, 2.05) is 55.5 Å². The molecule has 0 heterocycles. The minimum absolute atomic E-state index is 0.683. The van der Waals surface area contributed by atoms with Gasteiger partial charge in [0, 0.05) is 5.56 Å². The van der Waals surface area contributed by atoms with Crippen molar-refractivity contribution in [2.45, 2.75) is 6.92 Å². The zero-order valence-corrected chi connectivity index (χ0v) is 9.57. The van der Waals surface area contributed by atoms with Crippen LogP contribution in [0.1, 0.15) is 18.1 Å². The Balaban J connectivity index is 2.32. The Morgan fingerprint density at radius 3 is 1.65 bits per heavy atom. The summed E-state index contributed by atoms with van der Waals surface area (Å²) < 4.78 is 0. The summed E-state index contributed by atoms with van der Waals surface area (Å²) in [4.78, 5) is 0. The van der Waals surface area contributed by atoms with Crippen molar-refractivity contribution < 1.29 is 0 Å². The van der Waals surface area contributed by atoms with E-state index in [0.29, 0.717) is 5.56 Å². The molecule has 80 valence electrons. The van der Waals surface area contributed by atoms with E-state index >= 15 is 0 Å². The predicted octanol–water partition coefficient (Wildman–Crippen LogP) is 3.60. The van der Waals surface area contributed by atoms with Gasteiger partial charge in [-0.3, -0.25) is 0 Å². The highest BCUT2D eigenvalue weighted by Gasteiger charge is 1.97. The van der Waals surface area contributed by atoms with E-state index in [4.69, 9.17) is 5.26 Å². The second-order valence-electron chi connectivity index (χ2n) is 3.64. The summed E-state index contributed by atoms with van der Waals surface area (Å²) in [6, 6.07) is 17.8. The van der Waals surface area contributed by atoms with Crippen LogP contribution in [0.2, 0.25) is 0 Å². The van der Waals surface area contributed by atoms with E-state index in [1.54, 1.807) is 0 Å². The fraction of sp³-hybridized carbons (Fsp3) is 0.0625. The first-order valence-corrected chi connectivity index (χ1v) is 5.37. The molecule has 0 aliphatic carbocycles. The van der Waals surface area contributed by atoms with E-state index < -0.39 is 0 Å². The third-order valence-corrected chi connectivity index (χ3v) is 2.50. The van der Waals surface area contributed by atoms with E-state index in [9.17, 15) is 0 Å². The van der Waals surface area contributed by atoms with Crippen LogP contribution in [-0.2, 0) is 0 Å². The van der Waals surface area contributed by atoms with Gasteiger partial charge in [-0.2, -0.15) is 5.26 Å². The van der Waals surface area contributed by atoms with Crippen molar-refractivity contribution in [3.63, 3.8) is 0 Å². The van der Waals surface area contributed by atoms with Crippen molar-refractivity contribution in [3.05, 3.63) is 59.7 Å². The van der Waals surface area contributed by atoms with E-state index in [1.165, 1.54) is 0 Å². The molecule has 0 N–H and O–H groups in total. The first-order valence-electron chi connectivity index (χ1n) is 5.37. The Labute approximate surface area is 101 Å². The highest BCUT2D eigenvalue weighted by molar-refractivity contribution is 5.65. The monoisotopic (exact) mass is 217 g/mol. The molecular weight excluding hydrogens is 206 g/mol. The summed E-state index contributed by atoms with van der Waals surface area (Å²) in [5.41, 5.74) is 3.95. The van der Waals surface area contributed by atoms with Crippen LogP contribution in [0.5, 0.6) is 0 Å². The molecule has 2 aromatic rings. The van der Waals surface area contributed by atoms with Gasteiger partial charge in [0.1, 0.15) is 0 Å². The zero-order chi connectivity index (χ0) is 12.1. The number of rotatable bonds is 1. The number of hydrogen-bond acceptors (Lipinski definition) is 1. The second kappa shape index (κ2) is 5.01. The lowest BCUT2D eigenvalue weighted by Crippen LogP contribution is -1.80. The summed E-state index contributed by atoms with van der Waals surface area (Å²) in [5.74, 6) is 5.88. The van der Waals surface area contributed by atoms with Gasteiger partial charge < -0.3 is 0 Å². The molecule has 1 heteroatoms. The second-order valence-corrected chi connectivity index (χ2v) is 3.64. The van der Waals surface area contributed by atoms with Crippen LogP contribution < -0.4 is 0 Å². The minimum Gasteiger partial charge on any atom is -0.192 e. The molecule has 0 atom stereocenters. The molecular formula is C16H11N. The van der Waals surface area contributed by atoms with Gasteiger partial charge in [-0.1, -0.05) is 30.2 Å². The standard InChI is InChI=1S/C16H11N/c1-2-3-13-4-8-15(9-5-13)16-10-6-14(12-17)7-11-16/h4-11H,1H3. The Morgan fingerprint density at radius 2 is 1.24 bits per heavy atom. The van der Waals surface area contributed by atoms with E-state index in [-0.39, 0.29) is 0 Å². The summed E-state index contributed by atoms with van der Waals surface area (Å²) in [6.45, 7) is 1.83. The average molecular weight is 217 g/mol. The van der Waals surface area contributed by atoms with Gasteiger partial charge in [0.05, 0.1) is 11.6 Å². The fourth-order valence-corrected chi connectivity index (χ4v) is 1.63. The van der Waals surface area contributed by atoms with Crippen LogP contribution in [0, 0.1) is 23.2 Å². The third kappa shape index (κ3) is 2.54. The van der Waals surface area contributed by atoms with Gasteiger partial charge in [-0.05, 0) is 42.3 Å². The van der Waals surface area contributed by atoms with Crippen LogP contribution in [0.25, 0.3) is 11.1 Å². The van der Waals surface area contributed by atoms with Gasteiger partial charge in [0.15, 0.2) is 0 Å². The maximum atomic E-state index is 8.73. The molecule has 0 saturated heterocycles. The molecule has 0 aliphatic heterocycles. The maximum absolute atomic E-state index is 8.73. The average Bonchev–Trinajstić information content (AvgIpc) is 2.40. The normalized spacial score (nSPS) is 8.94. The molecule has 1 nitrogen and oxygen atoms in total. The molecule has 0 amide bonds. The van der Waals surface area contributed by atoms with Gasteiger partial charge >= 0.3 is 0 Å². The van der Waals surface area contributed by atoms with Gasteiger partial charge in [-0.15, -0.1) is 5.92 Å². The zero-order valence-electron chi connectivity index (χ0n) is 9.57. The Kier molecular flexibility index (Phi) is 3.24. The summed E-state index contributed by atoms with van der Waals surface area (Å²) >= 11 is 0. The number of nitriles is 1. The maximum Gasteiger partial charge on any atom is 0.0991 e. The Bertz CT molecular complexity index is 602. The van der Waals surface area contributed by atoms with Crippen molar-refractivity contribution in [2.24, 2.45) is 0 Å². The van der Waals surface area contributed by atoms with Crippen LogP contribution in [0.15, 0.2) is 48.5 Å². The molecule has 0 saturated carbocycles. The number of nitrogens with zero attached hydrogens (tertiary/aromatic N) is 1. The highest BCUT2D eigenvalue weighted by Crippen LogP contribution is 2.19. The topological polar surface area (TPSA) is 23.8 Å². The first-order chi connectivity index (χ1) is 8.33. The van der Waals surface area contributed by atoms with Gasteiger partial charge in [-0.25, -0.2) is 0 Å². The summed E-state index contributed by atoms with van der Waals surface area (Å²) in [5, 5.41) is 8.73. The first kappa shape index (κ1) is 11.0. The summed E-state index contributed by atoms with van der Waals surface area (Å²) in [6.07, 6.45) is 0. The van der Waals surface area contributed by atoms with Crippen LogP contribution >= 0.6 is 0 Å². The van der Waals surface area contributed by atoms with Crippen molar-refractivity contribution in [2.75, 3.05) is 0 Å². The highest BCUT2D eigenvalue weighted by atomic mass is 14.2. The molecule has 17 heavy (non-hydrogen) atoms. The van der Waals surface area contributed by atoms with Crippen LogP contribution in [-0.4, -0.2) is 0 Å². The van der Waals surface area contributed by atoms with E-state index in [2.05, 4.69) is 17.9 Å². The molecule has 2 aromatic carbocycles. The lowest BCUT2D eigenvalue weighted by Gasteiger charge is -2.01. The molecule has 0 aromatic heterocycles. The van der Waals surface area contributed by atoms with Gasteiger partial charge in [0.25, 0.3) is 0 Å². The SMILES string of the molecule is CC#Cc1ccc(-c2ccc(C#N)cc2)cc1. The Morgan fingerprint density at radius 1 is 0.765 bits per heavy atom. The third-order valence-electron chi connectivity index (χ3n) is 2.50. The van der Waals surface area contributed by atoms with Crippen LogP contribution in [0.4, 0.5) is 0 Å². The number of hydrogen-bond donors (Lipinski definition) is 0. The molecule has 0 bridgehead atoms. The number of benzene rings is 2. The van der Waals surface area contributed by atoms with Crippen molar-refractivity contribution in [1.29, 1.82) is 5.26 Å². The fourth-order valence-electron chi connectivity index (χ4n) is 1.63. The smallest absolute Gasteiger partial charge is 0.0991 e. The lowest BCUT2D eigenvalue weighted by atomic mass is 10.0. The summed E-state index contributed by atoms with van der Waals surface area (Å²) in [7, 11) is 0. The molecule has 0 spiro atoms. The van der Waals surface area contributed by atoms with Crippen molar-refractivity contribution >= 4 is 0 Å². The van der Waals surface area contributed by atoms with Crippen molar-refractivity contribution in [3.8, 4) is 29.0 Å². The molecule has 0 fully saturated rings. The van der Waals surface area contributed by atoms with E-state index in [0.717, 1.165) is 16.7 Å².